The lowest BCUT2D eigenvalue weighted by molar-refractivity contribution is -0.149. The van der Waals surface area contributed by atoms with Crippen LogP contribution in [-0.4, -0.2) is 35.7 Å². The molecule has 0 bridgehead atoms. The Morgan fingerprint density at radius 3 is 2.71 bits per heavy atom. The van der Waals surface area contributed by atoms with Crippen LogP contribution in [0.25, 0.3) is 0 Å². The summed E-state index contributed by atoms with van der Waals surface area (Å²) in [7, 11) is 0. The lowest BCUT2D eigenvalue weighted by Gasteiger charge is -2.12. The Labute approximate surface area is 119 Å². The van der Waals surface area contributed by atoms with E-state index in [9.17, 15) is 18.4 Å². The first-order chi connectivity index (χ1) is 9.95. The van der Waals surface area contributed by atoms with Gasteiger partial charge in [0.05, 0.1) is 12.5 Å². The Morgan fingerprint density at radius 1 is 1.33 bits per heavy atom. The van der Waals surface area contributed by atoms with Crippen molar-refractivity contribution in [3.63, 3.8) is 0 Å². The minimum atomic E-state index is -1.02. The molecule has 0 spiro atoms. The molecule has 1 aliphatic heterocycles. The summed E-state index contributed by atoms with van der Waals surface area (Å²) < 4.78 is 31.3. The normalized spacial score (nSPS) is 21.2. The number of halogens is 2. The molecule has 1 saturated heterocycles. The molecule has 1 aliphatic rings. The maximum atomic E-state index is 13.4. The Hall–Kier alpha value is -2.02. The largest absolute Gasteiger partial charge is 0.479 e. The van der Waals surface area contributed by atoms with Gasteiger partial charge in [-0.3, -0.25) is 4.79 Å². The van der Waals surface area contributed by atoms with Gasteiger partial charge in [-0.25, -0.2) is 13.6 Å². The van der Waals surface area contributed by atoms with Crippen molar-refractivity contribution in [2.45, 2.75) is 31.5 Å². The summed E-state index contributed by atoms with van der Waals surface area (Å²) >= 11 is 0. The van der Waals surface area contributed by atoms with Crippen LogP contribution in [0.4, 0.5) is 8.78 Å². The number of benzene rings is 1. The van der Waals surface area contributed by atoms with E-state index in [1.807, 2.05) is 0 Å². The van der Waals surface area contributed by atoms with Gasteiger partial charge in [-0.15, -0.1) is 0 Å². The first-order valence-corrected chi connectivity index (χ1v) is 6.54. The number of amides is 1. The highest BCUT2D eigenvalue weighted by Crippen LogP contribution is 2.19. The smallest absolute Gasteiger partial charge is 0.332 e. The SMILES string of the molecule is O=C(Cc1ccc(F)cc1F)NCC1CCC(C(=O)O)O1. The van der Waals surface area contributed by atoms with Gasteiger partial charge < -0.3 is 15.2 Å². The number of carbonyl (C=O) groups is 2. The van der Waals surface area contributed by atoms with Crippen LogP contribution in [0.3, 0.4) is 0 Å². The number of carbonyl (C=O) groups excluding carboxylic acids is 1. The van der Waals surface area contributed by atoms with Crippen LogP contribution in [0.15, 0.2) is 18.2 Å². The van der Waals surface area contributed by atoms with Crippen LogP contribution < -0.4 is 5.32 Å². The predicted octanol–water partition coefficient (Wildman–Crippen LogP) is 1.26. The molecule has 1 aromatic carbocycles. The number of carboxylic acid groups (broad SMARTS) is 1. The molecule has 1 amide bonds. The topological polar surface area (TPSA) is 75.6 Å². The summed E-state index contributed by atoms with van der Waals surface area (Å²) in [5, 5.41) is 11.3. The second-order valence-corrected chi connectivity index (χ2v) is 4.88. The molecule has 2 N–H and O–H groups in total. The molecule has 5 nitrogen and oxygen atoms in total. The molecule has 1 aromatic rings. The molecule has 114 valence electrons. The number of hydrogen-bond donors (Lipinski definition) is 2. The van der Waals surface area contributed by atoms with Gasteiger partial charge in [0.15, 0.2) is 6.10 Å². The summed E-state index contributed by atoms with van der Waals surface area (Å²) in [6, 6.07) is 3.03. The first-order valence-electron chi connectivity index (χ1n) is 6.54. The summed E-state index contributed by atoms with van der Waals surface area (Å²) in [5.41, 5.74) is 0.102. The molecule has 7 heteroatoms. The zero-order valence-electron chi connectivity index (χ0n) is 11.1. The molecule has 2 rings (SSSR count). The van der Waals surface area contributed by atoms with Gasteiger partial charge in [-0.2, -0.15) is 0 Å². The summed E-state index contributed by atoms with van der Waals surface area (Å²) in [6.45, 7) is 0.172. The lowest BCUT2D eigenvalue weighted by atomic mass is 10.1. The number of carboxylic acids is 1. The van der Waals surface area contributed by atoms with Crippen LogP contribution in [0.1, 0.15) is 18.4 Å². The van der Waals surface area contributed by atoms with E-state index in [-0.39, 0.29) is 24.6 Å². The molecule has 21 heavy (non-hydrogen) atoms. The van der Waals surface area contributed by atoms with Gasteiger partial charge in [0.2, 0.25) is 5.91 Å². The van der Waals surface area contributed by atoms with Gasteiger partial charge in [-0.1, -0.05) is 6.07 Å². The monoisotopic (exact) mass is 299 g/mol. The molecular weight excluding hydrogens is 284 g/mol. The van der Waals surface area contributed by atoms with Crippen LogP contribution in [0.5, 0.6) is 0 Å². The van der Waals surface area contributed by atoms with E-state index >= 15 is 0 Å². The van der Waals surface area contributed by atoms with Crippen LogP contribution in [0, 0.1) is 11.6 Å². The van der Waals surface area contributed by atoms with Crippen LogP contribution in [-0.2, 0) is 20.7 Å². The Bertz CT molecular complexity index is 550. The van der Waals surface area contributed by atoms with E-state index in [0.717, 1.165) is 12.1 Å². The maximum Gasteiger partial charge on any atom is 0.332 e. The highest BCUT2D eigenvalue weighted by atomic mass is 19.1. The molecule has 1 heterocycles. The van der Waals surface area contributed by atoms with Crippen molar-refractivity contribution < 1.29 is 28.2 Å². The second kappa shape index (κ2) is 6.62. The van der Waals surface area contributed by atoms with Crippen molar-refractivity contribution in [2.24, 2.45) is 0 Å². The first kappa shape index (κ1) is 15.4. The fourth-order valence-corrected chi connectivity index (χ4v) is 2.17. The molecule has 0 radical (unpaired) electrons. The van der Waals surface area contributed by atoms with E-state index in [1.165, 1.54) is 6.07 Å². The van der Waals surface area contributed by atoms with Crippen molar-refractivity contribution in [2.75, 3.05) is 6.54 Å². The Morgan fingerprint density at radius 2 is 2.10 bits per heavy atom. The van der Waals surface area contributed by atoms with Gasteiger partial charge in [0, 0.05) is 12.6 Å². The number of rotatable bonds is 5. The lowest BCUT2D eigenvalue weighted by Crippen LogP contribution is -2.34. The van der Waals surface area contributed by atoms with Crippen LogP contribution in [0.2, 0.25) is 0 Å². The number of ether oxygens (including phenoxy) is 1. The molecular formula is C14H15F2NO4. The zero-order valence-corrected chi connectivity index (χ0v) is 11.1. The minimum absolute atomic E-state index is 0.102. The Kier molecular flexibility index (Phi) is 4.85. The minimum Gasteiger partial charge on any atom is -0.479 e. The predicted molar refractivity (Wildman–Crippen MR) is 68.6 cm³/mol. The molecule has 2 atom stereocenters. The fraction of sp³-hybridized carbons (Fsp3) is 0.429. The van der Waals surface area contributed by atoms with Crippen molar-refractivity contribution in [3.05, 3.63) is 35.4 Å². The quantitative estimate of drug-likeness (QED) is 0.858. The van der Waals surface area contributed by atoms with Gasteiger partial charge in [-0.05, 0) is 24.5 Å². The third-order valence-corrected chi connectivity index (χ3v) is 3.28. The average molecular weight is 299 g/mol. The summed E-state index contributed by atoms with van der Waals surface area (Å²) in [4.78, 5) is 22.4. The molecule has 2 unspecified atom stereocenters. The molecule has 0 saturated carbocycles. The standard InChI is InChI=1S/C14H15F2NO4/c15-9-2-1-8(11(16)6-9)5-13(18)17-7-10-3-4-12(21-10)14(19)20/h1-2,6,10,12H,3-5,7H2,(H,17,18)(H,19,20). The van der Waals surface area contributed by atoms with Crippen molar-refractivity contribution in [1.82, 2.24) is 5.32 Å². The number of hydrogen-bond acceptors (Lipinski definition) is 3. The third-order valence-electron chi connectivity index (χ3n) is 3.28. The van der Waals surface area contributed by atoms with Gasteiger partial charge >= 0.3 is 5.97 Å². The van der Waals surface area contributed by atoms with Gasteiger partial charge in [0.1, 0.15) is 11.6 Å². The van der Waals surface area contributed by atoms with Gasteiger partial charge in [0.25, 0.3) is 0 Å². The van der Waals surface area contributed by atoms with Crippen molar-refractivity contribution >= 4 is 11.9 Å². The molecule has 0 aliphatic carbocycles. The number of aliphatic carboxylic acids is 1. The highest BCUT2D eigenvalue weighted by molar-refractivity contribution is 5.78. The van der Waals surface area contributed by atoms with E-state index in [2.05, 4.69) is 5.32 Å². The average Bonchev–Trinajstić information content (AvgIpc) is 2.89. The van der Waals surface area contributed by atoms with Crippen molar-refractivity contribution in [1.29, 1.82) is 0 Å². The van der Waals surface area contributed by atoms with Crippen LogP contribution >= 0.6 is 0 Å². The van der Waals surface area contributed by atoms with E-state index in [1.54, 1.807) is 0 Å². The molecule has 0 aromatic heterocycles. The molecule has 1 fully saturated rings. The summed E-state index contributed by atoms with van der Waals surface area (Å²) in [5.74, 6) is -2.91. The van der Waals surface area contributed by atoms with Crippen molar-refractivity contribution in [3.8, 4) is 0 Å². The highest BCUT2D eigenvalue weighted by Gasteiger charge is 2.30. The third kappa shape index (κ3) is 4.22. The second-order valence-electron chi connectivity index (χ2n) is 4.88. The maximum absolute atomic E-state index is 13.4. The number of nitrogens with one attached hydrogen (secondary N) is 1. The summed E-state index contributed by atoms with van der Waals surface area (Å²) in [6.07, 6.45) is -0.444. The van der Waals surface area contributed by atoms with E-state index in [0.29, 0.717) is 12.8 Å². The van der Waals surface area contributed by atoms with E-state index < -0.39 is 29.6 Å². The fourth-order valence-electron chi connectivity index (χ4n) is 2.17. The van der Waals surface area contributed by atoms with E-state index in [4.69, 9.17) is 9.84 Å². The zero-order chi connectivity index (χ0) is 15.4. The Balaban J connectivity index is 1.79.